The van der Waals surface area contributed by atoms with Crippen LogP contribution in [-0.2, 0) is 0 Å². The molecule has 1 N–H and O–H groups in total. The first-order valence-electron chi connectivity index (χ1n) is 7.94. The van der Waals surface area contributed by atoms with Crippen molar-refractivity contribution in [2.75, 3.05) is 19.5 Å². The Balaban J connectivity index is 1.67. The molecule has 26 heavy (non-hydrogen) atoms. The Hall–Kier alpha value is -3.52. The van der Waals surface area contributed by atoms with E-state index >= 15 is 0 Å². The molecule has 2 aromatic rings. The second-order valence-electron chi connectivity index (χ2n) is 5.57. The monoisotopic (exact) mass is 349 g/mol. The van der Waals surface area contributed by atoms with Gasteiger partial charge in [-0.25, -0.2) is 4.98 Å². The highest BCUT2D eigenvalue weighted by Gasteiger charge is 2.43. The summed E-state index contributed by atoms with van der Waals surface area (Å²) in [5.41, 5.74) is 1.69. The SMILES string of the molecule is COc1ccc(NC2=N[N+]3(c4ccc(OC)nc4)C=CN=CC3=N2)cc1. The number of hydrogen-bond acceptors (Lipinski definition) is 7. The predicted molar refractivity (Wildman–Crippen MR) is 102 cm³/mol. The molecule has 1 unspecified atom stereocenters. The first kappa shape index (κ1) is 16.0. The quantitative estimate of drug-likeness (QED) is 0.861. The number of guanidine groups is 1. The zero-order valence-electron chi connectivity index (χ0n) is 14.3. The maximum absolute atomic E-state index is 5.18. The molecule has 0 radical (unpaired) electrons. The molecular formula is C18H17N6O2+. The van der Waals surface area contributed by atoms with Crippen LogP contribution >= 0.6 is 0 Å². The lowest BCUT2D eigenvalue weighted by Gasteiger charge is -2.23. The zero-order chi connectivity index (χ0) is 18.0. The van der Waals surface area contributed by atoms with Crippen LogP contribution in [0.3, 0.4) is 0 Å². The van der Waals surface area contributed by atoms with E-state index in [0.717, 1.165) is 17.1 Å². The van der Waals surface area contributed by atoms with E-state index in [1.807, 2.05) is 36.5 Å². The van der Waals surface area contributed by atoms with Gasteiger partial charge in [0, 0.05) is 17.8 Å². The minimum Gasteiger partial charge on any atom is -0.497 e. The normalized spacial score (nSPS) is 20.2. The second-order valence-corrected chi connectivity index (χ2v) is 5.57. The largest absolute Gasteiger partial charge is 0.497 e. The van der Waals surface area contributed by atoms with Crippen LogP contribution in [0.5, 0.6) is 11.6 Å². The summed E-state index contributed by atoms with van der Waals surface area (Å²) < 4.78 is 10.4. The van der Waals surface area contributed by atoms with Crippen molar-refractivity contribution in [2.45, 2.75) is 0 Å². The Morgan fingerprint density at radius 1 is 1.00 bits per heavy atom. The zero-order valence-corrected chi connectivity index (χ0v) is 14.3. The van der Waals surface area contributed by atoms with Crippen molar-refractivity contribution in [3.63, 3.8) is 0 Å². The molecule has 0 amide bonds. The lowest BCUT2D eigenvalue weighted by atomic mass is 10.3. The van der Waals surface area contributed by atoms with Crippen molar-refractivity contribution in [2.24, 2.45) is 15.1 Å². The van der Waals surface area contributed by atoms with Gasteiger partial charge in [0.25, 0.3) is 11.8 Å². The van der Waals surface area contributed by atoms with Gasteiger partial charge in [-0.1, -0.05) is 4.59 Å². The molecule has 2 aliphatic rings. The lowest BCUT2D eigenvalue weighted by Crippen LogP contribution is -2.44. The number of rotatable bonds is 4. The summed E-state index contributed by atoms with van der Waals surface area (Å²) in [6.45, 7) is 0. The maximum Gasteiger partial charge on any atom is 0.287 e. The molecule has 1 atom stereocenters. The first-order chi connectivity index (χ1) is 12.7. The van der Waals surface area contributed by atoms with Gasteiger partial charge in [-0.3, -0.25) is 4.99 Å². The fraction of sp³-hybridized carbons (Fsp3) is 0.111. The Morgan fingerprint density at radius 3 is 2.54 bits per heavy atom. The number of aliphatic imine (C=N–C) groups is 2. The van der Waals surface area contributed by atoms with Gasteiger partial charge < -0.3 is 14.8 Å². The summed E-state index contributed by atoms with van der Waals surface area (Å²) in [6, 6.07) is 11.3. The average Bonchev–Trinajstić information content (AvgIpc) is 3.07. The number of hydrogen-bond donors (Lipinski definition) is 1. The molecule has 0 spiro atoms. The Kier molecular flexibility index (Phi) is 3.94. The van der Waals surface area contributed by atoms with E-state index in [4.69, 9.17) is 14.6 Å². The Morgan fingerprint density at radius 2 is 1.85 bits per heavy atom. The third kappa shape index (κ3) is 2.72. The summed E-state index contributed by atoms with van der Waals surface area (Å²) in [4.78, 5) is 13.0. The highest BCUT2D eigenvalue weighted by molar-refractivity contribution is 6.38. The van der Waals surface area contributed by atoms with E-state index in [1.165, 1.54) is 0 Å². The number of amidine groups is 1. The second kappa shape index (κ2) is 6.41. The van der Waals surface area contributed by atoms with Crippen molar-refractivity contribution in [3.05, 3.63) is 55.0 Å². The van der Waals surface area contributed by atoms with Crippen molar-refractivity contribution in [1.29, 1.82) is 0 Å². The highest BCUT2D eigenvalue weighted by atomic mass is 16.5. The van der Waals surface area contributed by atoms with Crippen molar-refractivity contribution >= 4 is 29.4 Å². The number of methoxy groups -OCH3 is 2. The van der Waals surface area contributed by atoms with Crippen molar-refractivity contribution in [3.8, 4) is 11.6 Å². The fourth-order valence-corrected chi connectivity index (χ4v) is 2.71. The van der Waals surface area contributed by atoms with Crippen molar-refractivity contribution < 1.29 is 9.47 Å². The summed E-state index contributed by atoms with van der Waals surface area (Å²) in [5, 5.41) is 7.97. The van der Waals surface area contributed by atoms with E-state index in [1.54, 1.807) is 38.9 Å². The highest BCUT2D eigenvalue weighted by Crippen LogP contribution is 2.31. The van der Waals surface area contributed by atoms with Crippen LogP contribution in [0.15, 0.2) is 70.1 Å². The van der Waals surface area contributed by atoms with Gasteiger partial charge >= 0.3 is 0 Å². The molecular weight excluding hydrogens is 332 g/mol. The maximum atomic E-state index is 5.18. The standard InChI is InChI=1S/C18H17N6O2/c1-25-15-6-3-13(4-7-15)21-18-22-16-12-19-9-10-24(16,23-18)14-5-8-17(26-2)20-11-14/h3-12H,1-2H3,(H,21,23)/q+1. The predicted octanol–water partition coefficient (Wildman–Crippen LogP) is 2.76. The number of quaternary nitrogens is 1. The molecule has 8 heteroatoms. The van der Waals surface area contributed by atoms with Crippen LogP contribution in [0.1, 0.15) is 0 Å². The molecule has 1 aromatic heterocycles. The van der Waals surface area contributed by atoms with Crippen LogP contribution in [0.25, 0.3) is 0 Å². The molecule has 1 aromatic carbocycles. The fourth-order valence-electron chi connectivity index (χ4n) is 2.71. The molecule has 0 aliphatic carbocycles. The van der Waals surface area contributed by atoms with E-state index in [0.29, 0.717) is 17.7 Å². The number of nitrogens with one attached hydrogen (secondary N) is 1. The Bertz CT molecular complexity index is 931. The lowest BCUT2D eigenvalue weighted by molar-refractivity contribution is 0.397. The topological polar surface area (TPSA) is 80.5 Å². The molecule has 4 rings (SSSR count). The molecule has 8 nitrogen and oxygen atoms in total. The van der Waals surface area contributed by atoms with Gasteiger partial charge in [0.1, 0.15) is 12.0 Å². The molecule has 0 fully saturated rings. The third-order valence-electron chi connectivity index (χ3n) is 4.05. The van der Waals surface area contributed by atoms with Gasteiger partial charge in [-0.15, -0.1) is 0 Å². The summed E-state index contributed by atoms with van der Waals surface area (Å²) >= 11 is 0. The summed E-state index contributed by atoms with van der Waals surface area (Å²) in [5.74, 6) is 2.49. The molecule has 130 valence electrons. The van der Waals surface area contributed by atoms with Gasteiger partial charge in [0.2, 0.25) is 5.88 Å². The Labute approximate surface area is 150 Å². The summed E-state index contributed by atoms with van der Waals surface area (Å²) in [6.07, 6.45) is 6.96. The molecule has 0 bridgehead atoms. The van der Waals surface area contributed by atoms with Gasteiger partial charge in [0.05, 0.1) is 26.6 Å². The number of nitrogens with zero attached hydrogens (tertiary/aromatic N) is 5. The van der Waals surface area contributed by atoms with Crippen molar-refractivity contribution in [1.82, 2.24) is 9.58 Å². The smallest absolute Gasteiger partial charge is 0.287 e. The molecule has 3 heterocycles. The van der Waals surface area contributed by atoms with E-state index < -0.39 is 0 Å². The van der Waals surface area contributed by atoms with Crippen LogP contribution < -0.4 is 19.4 Å². The number of ether oxygens (including phenoxy) is 2. The molecule has 0 saturated carbocycles. The number of benzene rings is 1. The third-order valence-corrected chi connectivity index (χ3v) is 4.05. The number of fused-ring (bicyclic) bond motifs is 1. The minimum atomic E-state index is 0.0684. The van der Waals surface area contributed by atoms with E-state index in [-0.39, 0.29) is 4.59 Å². The van der Waals surface area contributed by atoms with Crippen LogP contribution in [0.4, 0.5) is 11.4 Å². The van der Waals surface area contributed by atoms with Gasteiger partial charge in [-0.2, -0.15) is 4.99 Å². The van der Waals surface area contributed by atoms with E-state index in [2.05, 4.69) is 20.3 Å². The summed E-state index contributed by atoms with van der Waals surface area (Å²) in [7, 11) is 3.22. The first-order valence-corrected chi connectivity index (χ1v) is 7.94. The number of anilines is 1. The minimum absolute atomic E-state index is 0.0684. The van der Waals surface area contributed by atoms with Crippen LogP contribution in [0, 0.1) is 0 Å². The number of aromatic nitrogens is 1. The van der Waals surface area contributed by atoms with Gasteiger partial charge in [-0.05, 0) is 29.4 Å². The van der Waals surface area contributed by atoms with Crippen LogP contribution in [0.2, 0.25) is 0 Å². The molecule has 2 aliphatic heterocycles. The molecule has 0 saturated heterocycles. The number of pyridine rings is 1. The van der Waals surface area contributed by atoms with Gasteiger partial charge in [0.15, 0.2) is 11.9 Å². The van der Waals surface area contributed by atoms with E-state index in [9.17, 15) is 0 Å². The van der Waals surface area contributed by atoms with Crippen LogP contribution in [-0.4, -0.2) is 37.2 Å². The average molecular weight is 349 g/mol.